The van der Waals surface area contributed by atoms with Gasteiger partial charge >= 0.3 is 5.97 Å². The first-order valence-corrected chi connectivity index (χ1v) is 8.70. The van der Waals surface area contributed by atoms with Crippen molar-refractivity contribution in [2.45, 2.75) is 13.0 Å². The highest BCUT2D eigenvalue weighted by atomic mass is 79.9. The lowest BCUT2D eigenvalue weighted by atomic mass is 10.2. The third kappa shape index (κ3) is 3.93. The molecule has 0 aliphatic carbocycles. The SMILES string of the molecule is N#Cc1ccc(OC(=O)CCn2cnc3ccc(Br)cc3c2=O)c(Cl)c1. The van der Waals surface area contributed by atoms with Gasteiger partial charge in [-0.15, -0.1) is 0 Å². The summed E-state index contributed by atoms with van der Waals surface area (Å²) in [7, 11) is 0. The van der Waals surface area contributed by atoms with Gasteiger partial charge in [-0.1, -0.05) is 27.5 Å². The van der Waals surface area contributed by atoms with Crippen molar-refractivity contribution >= 4 is 44.4 Å². The Morgan fingerprint density at radius 3 is 2.85 bits per heavy atom. The Kier molecular flexibility index (Phi) is 5.35. The highest BCUT2D eigenvalue weighted by molar-refractivity contribution is 9.10. The molecule has 0 fully saturated rings. The molecular formula is C18H11BrClN3O3. The molecule has 0 atom stereocenters. The minimum Gasteiger partial charge on any atom is -0.425 e. The molecule has 2 aromatic carbocycles. The summed E-state index contributed by atoms with van der Waals surface area (Å²) in [5.41, 5.74) is 0.719. The van der Waals surface area contributed by atoms with Gasteiger partial charge in [0.15, 0.2) is 0 Å². The van der Waals surface area contributed by atoms with Crippen LogP contribution in [0.1, 0.15) is 12.0 Å². The second-order valence-corrected chi connectivity index (χ2v) is 6.71. The molecule has 0 saturated heterocycles. The van der Waals surface area contributed by atoms with Gasteiger partial charge in [0.1, 0.15) is 5.75 Å². The highest BCUT2D eigenvalue weighted by Crippen LogP contribution is 2.25. The second kappa shape index (κ2) is 7.68. The Morgan fingerprint density at radius 1 is 1.31 bits per heavy atom. The minimum absolute atomic E-state index is 0.0303. The van der Waals surface area contributed by atoms with E-state index < -0.39 is 5.97 Å². The number of hydrogen-bond acceptors (Lipinski definition) is 5. The van der Waals surface area contributed by atoms with Crippen molar-refractivity contribution in [2.75, 3.05) is 0 Å². The summed E-state index contributed by atoms with van der Waals surface area (Å²) < 4.78 is 7.32. The number of fused-ring (bicyclic) bond motifs is 1. The van der Waals surface area contributed by atoms with Crippen LogP contribution in [0.15, 0.2) is 52.0 Å². The van der Waals surface area contributed by atoms with Crippen LogP contribution in [-0.2, 0) is 11.3 Å². The molecule has 0 radical (unpaired) electrons. The van der Waals surface area contributed by atoms with Gasteiger partial charge in [-0.2, -0.15) is 5.26 Å². The standard InChI is InChI=1S/C18H11BrClN3O3/c19-12-2-3-15-13(8-12)18(25)23(10-22-15)6-5-17(24)26-16-4-1-11(9-21)7-14(16)20/h1-4,7-8,10H,5-6H2. The summed E-state index contributed by atoms with van der Waals surface area (Å²) in [6, 6.07) is 11.6. The van der Waals surface area contributed by atoms with Crippen LogP contribution in [0.5, 0.6) is 5.75 Å². The number of nitriles is 1. The van der Waals surface area contributed by atoms with E-state index in [1.165, 1.54) is 29.1 Å². The lowest BCUT2D eigenvalue weighted by Crippen LogP contribution is -2.23. The van der Waals surface area contributed by atoms with Gasteiger partial charge in [0.25, 0.3) is 5.56 Å². The van der Waals surface area contributed by atoms with Gasteiger partial charge in [-0.25, -0.2) is 4.98 Å². The Balaban J connectivity index is 1.72. The monoisotopic (exact) mass is 431 g/mol. The number of carbonyl (C=O) groups is 1. The molecule has 0 unspecified atom stereocenters. The van der Waals surface area contributed by atoms with Crippen molar-refractivity contribution in [1.29, 1.82) is 5.26 Å². The van der Waals surface area contributed by atoms with E-state index in [-0.39, 0.29) is 29.3 Å². The molecule has 26 heavy (non-hydrogen) atoms. The van der Waals surface area contributed by atoms with E-state index in [9.17, 15) is 9.59 Å². The average molecular weight is 433 g/mol. The van der Waals surface area contributed by atoms with Crippen LogP contribution >= 0.6 is 27.5 Å². The van der Waals surface area contributed by atoms with Crippen molar-refractivity contribution in [1.82, 2.24) is 9.55 Å². The Bertz CT molecular complexity index is 1110. The summed E-state index contributed by atoms with van der Waals surface area (Å²) in [6.45, 7) is 0.126. The van der Waals surface area contributed by atoms with Crippen LogP contribution in [-0.4, -0.2) is 15.5 Å². The number of ether oxygens (including phenoxy) is 1. The molecular weight excluding hydrogens is 422 g/mol. The predicted molar refractivity (Wildman–Crippen MR) is 100 cm³/mol. The average Bonchev–Trinajstić information content (AvgIpc) is 2.63. The van der Waals surface area contributed by atoms with E-state index in [0.29, 0.717) is 16.5 Å². The van der Waals surface area contributed by atoms with Crippen molar-refractivity contribution < 1.29 is 9.53 Å². The molecule has 0 bridgehead atoms. The number of halogens is 2. The zero-order valence-electron chi connectivity index (χ0n) is 13.3. The number of esters is 1. The normalized spacial score (nSPS) is 10.5. The third-order valence-electron chi connectivity index (χ3n) is 3.63. The first-order valence-electron chi connectivity index (χ1n) is 7.53. The quantitative estimate of drug-likeness (QED) is 0.464. The molecule has 3 aromatic rings. The predicted octanol–water partition coefficient (Wildman–Crippen LogP) is 3.68. The maximum Gasteiger partial charge on any atom is 0.313 e. The fraction of sp³-hybridized carbons (Fsp3) is 0.111. The Labute approximate surface area is 161 Å². The maximum atomic E-state index is 12.5. The zero-order valence-corrected chi connectivity index (χ0v) is 15.6. The van der Waals surface area contributed by atoms with Crippen molar-refractivity contribution in [3.05, 3.63) is 68.1 Å². The number of nitrogens with zero attached hydrogens (tertiary/aromatic N) is 3. The fourth-order valence-electron chi connectivity index (χ4n) is 2.33. The van der Waals surface area contributed by atoms with Gasteiger partial charge in [0, 0.05) is 11.0 Å². The lowest BCUT2D eigenvalue weighted by Gasteiger charge is -2.08. The third-order valence-corrected chi connectivity index (χ3v) is 4.42. The van der Waals surface area contributed by atoms with E-state index in [2.05, 4.69) is 20.9 Å². The van der Waals surface area contributed by atoms with Crippen LogP contribution < -0.4 is 10.3 Å². The van der Waals surface area contributed by atoms with Crippen molar-refractivity contribution in [2.24, 2.45) is 0 Å². The van der Waals surface area contributed by atoms with Crippen LogP contribution in [0.25, 0.3) is 10.9 Å². The summed E-state index contributed by atoms with van der Waals surface area (Å²) in [4.78, 5) is 28.7. The summed E-state index contributed by atoms with van der Waals surface area (Å²) >= 11 is 9.30. The summed E-state index contributed by atoms with van der Waals surface area (Å²) in [5, 5.41) is 9.44. The Morgan fingerprint density at radius 2 is 2.12 bits per heavy atom. The van der Waals surface area contributed by atoms with Gasteiger partial charge in [0.05, 0.1) is 40.3 Å². The van der Waals surface area contributed by atoms with Crippen molar-refractivity contribution in [3.63, 3.8) is 0 Å². The van der Waals surface area contributed by atoms with Gasteiger partial charge in [0.2, 0.25) is 0 Å². The van der Waals surface area contributed by atoms with Crippen LogP contribution in [0.2, 0.25) is 5.02 Å². The summed E-state index contributed by atoms with van der Waals surface area (Å²) in [6.07, 6.45) is 1.37. The Hall–Kier alpha value is -2.69. The van der Waals surface area contributed by atoms with E-state index in [1.54, 1.807) is 18.2 Å². The lowest BCUT2D eigenvalue weighted by molar-refractivity contribution is -0.134. The molecule has 1 heterocycles. The van der Waals surface area contributed by atoms with Gasteiger partial charge in [-0.3, -0.25) is 14.2 Å². The molecule has 0 spiro atoms. The molecule has 0 N–H and O–H groups in total. The number of aryl methyl sites for hydroxylation is 1. The van der Waals surface area contributed by atoms with Crippen molar-refractivity contribution in [3.8, 4) is 11.8 Å². The number of benzene rings is 2. The van der Waals surface area contributed by atoms with Crippen LogP contribution in [0.3, 0.4) is 0 Å². The molecule has 8 heteroatoms. The molecule has 0 saturated carbocycles. The van der Waals surface area contributed by atoms with Crippen LogP contribution in [0.4, 0.5) is 0 Å². The second-order valence-electron chi connectivity index (χ2n) is 5.39. The van der Waals surface area contributed by atoms with E-state index >= 15 is 0 Å². The zero-order chi connectivity index (χ0) is 18.7. The number of rotatable bonds is 4. The summed E-state index contributed by atoms with van der Waals surface area (Å²) in [5.74, 6) is -0.374. The fourth-order valence-corrected chi connectivity index (χ4v) is 2.91. The maximum absolute atomic E-state index is 12.5. The largest absolute Gasteiger partial charge is 0.425 e. The first-order chi connectivity index (χ1) is 12.5. The molecule has 0 aliphatic rings. The van der Waals surface area contributed by atoms with E-state index in [1.807, 2.05) is 6.07 Å². The number of carbonyl (C=O) groups excluding carboxylic acids is 1. The number of hydrogen-bond donors (Lipinski definition) is 0. The minimum atomic E-state index is -0.544. The first kappa shape index (κ1) is 18.1. The van der Waals surface area contributed by atoms with Crippen LogP contribution in [0, 0.1) is 11.3 Å². The van der Waals surface area contributed by atoms with Gasteiger partial charge in [-0.05, 0) is 36.4 Å². The molecule has 3 rings (SSSR count). The molecule has 130 valence electrons. The topological polar surface area (TPSA) is 85.0 Å². The van der Waals surface area contributed by atoms with Gasteiger partial charge < -0.3 is 4.74 Å². The molecule has 1 aromatic heterocycles. The smallest absolute Gasteiger partial charge is 0.313 e. The van der Waals surface area contributed by atoms with E-state index in [0.717, 1.165) is 4.47 Å². The highest BCUT2D eigenvalue weighted by Gasteiger charge is 2.11. The van der Waals surface area contributed by atoms with E-state index in [4.69, 9.17) is 21.6 Å². The molecule has 0 aliphatic heterocycles. The molecule has 0 amide bonds. The number of aromatic nitrogens is 2. The molecule has 6 nitrogen and oxygen atoms in total.